The van der Waals surface area contributed by atoms with Crippen molar-refractivity contribution in [1.29, 1.82) is 0 Å². The zero-order chi connectivity index (χ0) is 14.3. The number of fused-ring (bicyclic) bond motifs is 1. The van der Waals surface area contributed by atoms with Crippen molar-refractivity contribution in [2.24, 2.45) is 0 Å². The highest BCUT2D eigenvalue weighted by Gasteiger charge is 2.24. The van der Waals surface area contributed by atoms with Crippen LogP contribution in [0, 0.1) is 0 Å². The molecule has 0 spiro atoms. The van der Waals surface area contributed by atoms with Crippen LogP contribution in [0.4, 0.5) is 0 Å². The molecule has 0 bridgehead atoms. The molecule has 2 aromatic heterocycles. The van der Waals surface area contributed by atoms with Crippen LogP contribution in [0.15, 0.2) is 16.6 Å². The third-order valence-corrected chi connectivity index (χ3v) is 5.76. The summed E-state index contributed by atoms with van der Waals surface area (Å²) in [6.07, 6.45) is 2.56. The summed E-state index contributed by atoms with van der Waals surface area (Å²) >= 11 is 7.05. The van der Waals surface area contributed by atoms with Crippen molar-refractivity contribution in [3.63, 3.8) is 0 Å². The fraction of sp³-hybridized carbons (Fsp3) is 0.375. The second-order valence-corrected chi connectivity index (χ2v) is 8.96. The summed E-state index contributed by atoms with van der Waals surface area (Å²) in [4.78, 5) is 4.36. The molecule has 0 aliphatic heterocycles. The standard InChI is InChI=1S/C8H10ClN3O4S3/c1-18(13,14)5-2-10-19(15,16)7-6(9)11-8-12(7)3-4-17-8/h3-4,10H,2,5H2,1H3. The lowest BCUT2D eigenvalue weighted by Gasteiger charge is -2.05. The molecule has 0 fully saturated rings. The van der Waals surface area contributed by atoms with Gasteiger partial charge in [0.15, 0.2) is 15.1 Å². The van der Waals surface area contributed by atoms with E-state index in [4.69, 9.17) is 11.6 Å². The molecular weight excluding hydrogens is 334 g/mol. The van der Waals surface area contributed by atoms with E-state index in [9.17, 15) is 16.8 Å². The van der Waals surface area contributed by atoms with E-state index in [1.807, 2.05) is 0 Å². The van der Waals surface area contributed by atoms with E-state index in [0.717, 1.165) is 6.26 Å². The number of sulfone groups is 1. The molecule has 1 N–H and O–H groups in total. The summed E-state index contributed by atoms with van der Waals surface area (Å²) in [6.45, 7) is -0.213. The number of nitrogens with zero attached hydrogens (tertiary/aromatic N) is 2. The fourth-order valence-electron chi connectivity index (χ4n) is 1.41. The lowest BCUT2D eigenvalue weighted by molar-refractivity contribution is 0.577. The van der Waals surface area contributed by atoms with E-state index in [2.05, 4.69) is 9.71 Å². The van der Waals surface area contributed by atoms with Gasteiger partial charge in [-0.3, -0.25) is 4.40 Å². The minimum absolute atomic E-state index is 0.140. The molecule has 2 aromatic rings. The molecule has 7 nitrogen and oxygen atoms in total. The molecule has 0 radical (unpaired) electrons. The van der Waals surface area contributed by atoms with Crippen molar-refractivity contribution in [1.82, 2.24) is 14.1 Å². The number of imidazole rings is 1. The van der Waals surface area contributed by atoms with Crippen LogP contribution >= 0.6 is 22.9 Å². The Balaban J connectivity index is 2.29. The summed E-state index contributed by atoms with van der Waals surface area (Å²) in [5, 5.41) is 1.35. The van der Waals surface area contributed by atoms with Gasteiger partial charge in [-0.15, -0.1) is 11.3 Å². The third kappa shape index (κ3) is 3.26. The second kappa shape index (κ2) is 5.02. The first-order chi connectivity index (χ1) is 8.71. The van der Waals surface area contributed by atoms with E-state index in [0.29, 0.717) is 4.96 Å². The molecule has 0 saturated carbocycles. The number of hydrogen-bond acceptors (Lipinski definition) is 6. The van der Waals surface area contributed by atoms with E-state index in [1.54, 1.807) is 5.38 Å². The summed E-state index contributed by atoms with van der Waals surface area (Å²) in [6, 6.07) is 0. The molecular formula is C8H10ClN3O4S3. The maximum Gasteiger partial charge on any atom is 0.259 e. The SMILES string of the molecule is CS(=O)(=O)CCNS(=O)(=O)c1c(Cl)nc2sccn12. The topological polar surface area (TPSA) is 97.6 Å². The lowest BCUT2D eigenvalue weighted by atomic mass is 10.8. The zero-order valence-electron chi connectivity index (χ0n) is 9.70. The highest BCUT2D eigenvalue weighted by molar-refractivity contribution is 7.91. The Morgan fingerprint density at radius 2 is 2.11 bits per heavy atom. The fourth-order valence-corrected chi connectivity index (χ4v) is 4.49. The maximum atomic E-state index is 12.1. The Bertz CT molecular complexity index is 806. The molecule has 0 unspecified atom stereocenters. The Morgan fingerprint density at radius 1 is 1.42 bits per heavy atom. The number of aromatic nitrogens is 2. The van der Waals surface area contributed by atoms with Crippen molar-refractivity contribution < 1.29 is 16.8 Å². The molecule has 2 heterocycles. The number of hydrogen-bond donors (Lipinski definition) is 1. The number of halogens is 1. The van der Waals surface area contributed by atoms with Gasteiger partial charge in [0, 0.05) is 24.4 Å². The molecule has 0 aliphatic rings. The average molecular weight is 344 g/mol. The van der Waals surface area contributed by atoms with Gasteiger partial charge in [-0.05, 0) is 0 Å². The normalized spacial score (nSPS) is 13.2. The van der Waals surface area contributed by atoms with Crippen LogP contribution < -0.4 is 4.72 Å². The summed E-state index contributed by atoms with van der Waals surface area (Å²) < 4.78 is 49.6. The predicted molar refractivity (Wildman–Crippen MR) is 73.0 cm³/mol. The van der Waals surface area contributed by atoms with E-state index < -0.39 is 19.9 Å². The highest BCUT2D eigenvalue weighted by atomic mass is 35.5. The van der Waals surface area contributed by atoms with Gasteiger partial charge in [-0.1, -0.05) is 11.6 Å². The van der Waals surface area contributed by atoms with Gasteiger partial charge in [-0.25, -0.2) is 26.5 Å². The van der Waals surface area contributed by atoms with Gasteiger partial charge in [0.2, 0.25) is 0 Å². The smallest absolute Gasteiger partial charge is 0.259 e. The first-order valence-electron chi connectivity index (χ1n) is 4.99. The average Bonchev–Trinajstić information content (AvgIpc) is 2.73. The van der Waals surface area contributed by atoms with Gasteiger partial charge in [-0.2, -0.15) is 0 Å². The van der Waals surface area contributed by atoms with E-state index >= 15 is 0 Å². The van der Waals surface area contributed by atoms with Crippen molar-refractivity contribution in [2.45, 2.75) is 5.03 Å². The monoisotopic (exact) mass is 343 g/mol. The zero-order valence-corrected chi connectivity index (χ0v) is 12.9. The molecule has 0 aromatic carbocycles. The van der Waals surface area contributed by atoms with Crippen LogP contribution in [-0.2, 0) is 19.9 Å². The second-order valence-electron chi connectivity index (χ2n) is 3.79. The summed E-state index contributed by atoms with van der Waals surface area (Å²) in [5.41, 5.74) is 0. The molecule has 19 heavy (non-hydrogen) atoms. The number of nitrogens with one attached hydrogen (secondary N) is 1. The Morgan fingerprint density at radius 3 is 2.74 bits per heavy atom. The number of thiazole rings is 1. The van der Waals surface area contributed by atoms with Crippen molar-refractivity contribution in [3.8, 4) is 0 Å². The molecule has 0 atom stereocenters. The van der Waals surface area contributed by atoms with Gasteiger partial charge in [0.25, 0.3) is 10.0 Å². The Labute approximate surface area is 119 Å². The predicted octanol–water partition coefficient (Wildman–Crippen LogP) is 0.372. The summed E-state index contributed by atoms with van der Waals surface area (Å²) in [7, 11) is -7.14. The van der Waals surface area contributed by atoms with E-state index in [-0.39, 0.29) is 22.5 Å². The number of rotatable bonds is 5. The molecule has 0 saturated heterocycles. The van der Waals surface area contributed by atoms with Gasteiger partial charge < -0.3 is 0 Å². The van der Waals surface area contributed by atoms with Crippen LogP contribution in [0.3, 0.4) is 0 Å². The van der Waals surface area contributed by atoms with Crippen LogP contribution in [0.25, 0.3) is 4.96 Å². The quantitative estimate of drug-likeness (QED) is 0.846. The molecule has 11 heteroatoms. The first kappa shape index (κ1) is 14.7. The summed E-state index contributed by atoms with van der Waals surface area (Å²) in [5.74, 6) is -0.282. The van der Waals surface area contributed by atoms with Crippen LogP contribution in [0.1, 0.15) is 0 Å². The van der Waals surface area contributed by atoms with Crippen LogP contribution in [-0.4, -0.2) is 44.8 Å². The number of sulfonamides is 1. The first-order valence-corrected chi connectivity index (χ1v) is 9.79. The van der Waals surface area contributed by atoms with Gasteiger partial charge in [0.05, 0.1) is 5.75 Å². The third-order valence-electron chi connectivity index (χ3n) is 2.20. The van der Waals surface area contributed by atoms with Crippen molar-refractivity contribution in [3.05, 3.63) is 16.7 Å². The Hall–Kier alpha value is -0.680. The van der Waals surface area contributed by atoms with Crippen LogP contribution in [0.2, 0.25) is 5.15 Å². The van der Waals surface area contributed by atoms with Gasteiger partial charge >= 0.3 is 0 Å². The van der Waals surface area contributed by atoms with E-state index in [1.165, 1.54) is 21.9 Å². The maximum absolute atomic E-state index is 12.1. The highest BCUT2D eigenvalue weighted by Crippen LogP contribution is 2.24. The lowest BCUT2D eigenvalue weighted by Crippen LogP contribution is -2.29. The molecule has 2 rings (SSSR count). The van der Waals surface area contributed by atoms with Gasteiger partial charge in [0.1, 0.15) is 9.84 Å². The molecule has 0 aliphatic carbocycles. The molecule has 0 amide bonds. The molecule has 106 valence electrons. The Kier molecular flexibility index (Phi) is 3.89. The van der Waals surface area contributed by atoms with Crippen molar-refractivity contribution >= 4 is 47.8 Å². The minimum atomic E-state index is -3.91. The minimum Gasteiger partial charge on any atom is -0.279 e. The largest absolute Gasteiger partial charge is 0.279 e. The van der Waals surface area contributed by atoms with Crippen LogP contribution in [0.5, 0.6) is 0 Å². The van der Waals surface area contributed by atoms with Crippen molar-refractivity contribution in [2.75, 3.05) is 18.6 Å².